The number of anilines is 1. The minimum atomic E-state index is -0.345. The molecule has 24 heavy (non-hydrogen) atoms. The van der Waals surface area contributed by atoms with E-state index in [9.17, 15) is 4.79 Å². The van der Waals surface area contributed by atoms with E-state index in [1.807, 2.05) is 4.57 Å². The van der Waals surface area contributed by atoms with E-state index in [0.717, 1.165) is 12.1 Å². The van der Waals surface area contributed by atoms with E-state index in [-0.39, 0.29) is 6.03 Å². The van der Waals surface area contributed by atoms with E-state index >= 15 is 0 Å². The lowest BCUT2D eigenvalue weighted by Gasteiger charge is -2.10. The number of hydrogen-bond acceptors (Lipinski definition) is 4. The van der Waals surface area contributed by atoms with Crippen LogP contribution in [0.1, 0.15) is 31.7 Å². The van der Waals surface area contributed by atoms with Gasteiger partial charge in [-0.1, -0.05) is 26.0 Å². The first kappa shape index (κ1) is 15.9. The number of carbonyl (C=O) groups is 1. The third-order valence-electron chi connectivity index (χ3n) is 4.15. The van der Waals surface area contributed by atoms with Crippen molar-refractivity contribution in [2.24, 2.45) is 0 Å². The number of urea groups is 1. The maximum atomic E-state index is 11.5. The summed E-state index contributed by atoms with van der Waals surface area (Å²) in [7, 11) is 1.55. The number of nitrogens with one attached hydrogen (secondary N) is 2. The Morgan fingerprint density at radius 1 is 1.21 bits per heavy atom. The van der Waals surface area contributed by atoms with Gasteiger partial charge in [0.25, 0.3) is 0 Å². The summed E-state index contributed by atoms with van der Waals surface area (Å²) in [6.45, 7) is 4.39. The second-order valence-corrected chi connectivity index (χ2v) is 5.61. The summed E-state index contributed by atoms with van der Waals surface area (Å²) in [4.78, 5) is 24.3. The van der Waals surface area contributed by atoms with Gasteiger partial charge in [-0.25, -0.2) is 19.7 Å². The Morgan fingerprint density at radius 2 is 1.96 bits per heavy atom. The highest BCUT2D eigenvalue weighted by atomic mass is 16.2. The van der Waals surface area contributed by atoms with E-state index in [0.29, 0.717) is 22.9 Å². The lowest BCUT2D eigenvalue weighted by molar-refractivity contribution is 0.254. The highest BCUT2D eigenvalue weighted by Crippen LogP contribution is 2.23. The molecule has 2 heterocycles. The lowest BCUT2D eigenvalue weighted by atomic mass is 9.99. The highest BCUT2D eigenvalue weighted by Gasteiger charge is 2.13. The van der Waals surface area contributed by atoms with Crippen LogP contribution in [0.15, 0.2) is 36.9 Å². The first-order valence-corrected chi connectivity index (χ1v) is 7.91. The molecule has 1 aromatic carbocycles. The van der Waals surface area contributed by atoms with Crippen LogP contribution in [0.3, 0.4) is 0 Å². The Hall–Kier alpha value is -2.96. The van der Waals surface area contributed by atoms with Gasteiger partial charge in [-0.15, -0.1) is 0 Å². The summed E-state index contributed by atoms with van der Waals surface area (Å²) in [5.41, 5.74) is 3.47. The maximum Gasteiger partial charge on any atom is 0.320 e. The predicted molar refractivity (Wildman–Crippen MR) is 93.4 cm³/mol. The summed E-state index contributed by atoms with van der Waals surface area (Å²) in [6.07, 6.45) is 4.21. The van der Waals surface area contributed by atoms with Gasteiger partial charge in [0.2, 0.25) is 0 Å². The van der Waals surface area contributed by atoms with Gasteiger partial charge in [0.15, 0.2) is 17.0 Å². The van der Waals surface area contributed by atoms with Crippen molar-refractivity contribution in [1.29, 1.82) is 0 Å². The molecule has 0 radical (unpaired) electrons. The minimum Gasteiger partial charge on any atom is -0.341 e. The van der Waals surface area contributed by atoms with Crippen LogP contribution in [-0.2, 0) is 0 Å². The van der Waals surface area contributed by atoms with E-state index in [1.54, 1.807) is 13.4 Å². The maximum absolute atomic E-state index is 11.5. The van der Waals surface area contributed by atoms with Crippen molar-refractivity contribution in [3.05, 3.63) is 42.5 Å². The normalized spacial score (nSPS) is 12.1. The van der Waals surface area contributed by atoms with Crippen LogP contribution in [0.2, 0.25) is 0 Å². The number of amides is 2. The molecule has 1 atom stereocenters. The molecule has 2 N–H and O–H groups in total. The number of carbonyl (C=O) groups excluding carboxylic acids is 1. The van der Waals surface area contributed by atoms with Crippen molar-refractivity contribution in [2.45, 2.75) is 26.2 Å². The standard InChI is InChI=1S/C17H20N6O/c1-4-11(2)12-5-7-13(8-6-12)23-10-21-14-15(22-17(24)18-3)19-9-20-16(14)23/h5-11H,4H2,1-3H3,(H2,18,19,20,22,24). The van der Waals surface area contributed by atoms with Gasteiger partial charge in [0.1, 0.15) is 12.7 Å². The molecule has 0 spiro atoms. The Morgan fingerprint density at radius 3 is 2.62 bits per heavy atom. The average molecular weight is 324 g/mol. The summed E-state index contributed by atoms with van der Waals surface area (Å²) in [6, 6.07) is 8.01. The molecule has 0 fully saturated rings. The van der Waals surface area contributed by atoms with Crippen LogP contribution in [0, 0.1) is 0 Å². The van der Waals surface area contributed by atoms with Gasteiger partial charge in [-0.3, -0.25) is 9.88 Å². The third kappa shape index (κ3) is 2.92. The molecule has 7 heteroatoms. The van der Waals surface area contributed by atoms with Crippen molar-refractivity contribution < 1.29 is 4.79 Å². The number of rotatable bonds is 4. The second-order valence-electron chi connectivity index (χ2n) is 5.61. The fraction of sp³-hybridized carbons (Fsp3) is 0.294. The second kappa shape index (κ2) is 6.66. The van der Waals surface area contributed by atoms with Crippen LogP contribution in [0.5, 0.6) is 0 Å². The number of imidazole rings is 1. The molecule has 0 aliphatic carbocycles. The quantitative estimate of drug-likeness (QED) is 0.772. The van der Waals surface area contributed by atoms with Crippen molar-refractivity contribution in [3.63, 3.8) is 0 Å². The SMILES string of the molecule is CCC(C)c1ccc(-n2cnc3c(NC(=O)NC)ncnc32)cc1. The van der Waals surface area contributed by atoms with Gasteiger partial charge in [0.05, 0.1) is 0 Å². The fourth-order valence-corrected chi connectivity index (χ4v) is 2.48. The van der Waals surface area contributed by atoms with Crippen molar-refractivity contribution in [1.82, 2.24) is 24.8 Å². The lowest BCUT2D eigenvalue weighted by Crippen LogP contribution is -2.25. The Balaban J connectivity index is 1.99. The van der Waals surface area contributed by atoms with E-state index < -0.39 is 0 Å². The Kier molecular flexibility index (Phi) is 4.41. The first-order chi connectivity index (χ1) is 11.6. The summed E-state index contributed by atoms with van der Waals surface area (Å²) < 4.78 is 1.88. The molecule has 0 bridgehead atoms. The van der Waals surface area contributed by atoms with Crippen LogP contribution in [0.25, 0.3) is 16.9 Å². The molecule has 7 nitrogen and oxygen atoms in total. The van der Waals surface area contributed by atoms with Crippen molar-refractivity contribution in [2.75, 3.05) is 12.4 Å². The molecule has 0 aliphatic rings. The number of fused-ring (bicyclic) bond motifs is 1. The topological polar surface area (TPSA) is 84.7 Å². The zero-order valence-corrected chi connectivity index (χ0v) is 13.9. The third-order valence-corrected chi connectivity index (χ3v) is 4.15. The molecule has 1 unspecified atom stereocenters. The largest absolute Gasteiger partial charge is 0.341 e. The molecule has 124 valence electrons. The molecule has 0 saturated carbocycles. The van der Waals surface area contributed by atoms with Gasteiger partial charge in [0, 0.05) is 12.7 Å². The van der Waals surface area contributed by atoms with Crippen molar-refractivity contribution >= 4 is 23.0 Å². The zero-order valence-electron chi connectivity index (χ0n) is 13.9. The number of aromatic nitrogens is 4. The Bertz CT molecular complexity index is 855. The first-order valence-electron chi connectivity index (χ1n) is 7.91. The molecule has 0 saturated heterocycles. The van der Waals surface area contributed by atoms with Gasteiger partial charge in [-0.2, -0.15) is 0 Å². The molecule has 0 aliphatic heterocycles. The monoisotopic (exact) mass is 324 g/mol. The van der Waals surface area contributed by atoms with Gasteiger partial charge in [-0.05, 0) is 30.0 Å². The van der Waals surface area contributed by atoms with E-state index in [4.69, 9.17) is 0 Å². The molecule has 3 rings (SSSR count). The zero-order chi connectivity index (χ0) is 17.1. The summed E-state index contributed by atoms with van der Waals surface area (Å²) in [5.74, 6) is 0.915. The van der Waals surface area contributed by atoms with Gasteiger partial charge >= 0.3 is 6.03 Å². The molecule has 2 amide bonds. The number of benzene rings is 1. The summed E-state index contributed by atoms with van der Waals surface area (Å²) in [5, 5.41) is 5.15. The summed E-state index contributed by atoms with van der Waals surface area (Å²) >= 11 is 0. The molecule has 2 aromatic heterocycles. The highest BCUT2D eigenvalue weighted by molar-refractivity contribution is 5.96. The average Bonchev–Trinajstić information content (AvgIpc) is 3.06. The smallest absolute Gasteiger partial charge is 0.320 e. The van der Waals surface area contributed by atoms with Crippen LogP contribution in [-0.4, -0.2) is 32.6 Å². The van der Waals surface area contributed by atoms with E-state index in [2.05, 4.69) is 63.7 Å². The Labute approximate surface area is 140 Å². The minimum absolute atomic E-state index is 0.345. The molecular weight excluding hydrogens is 304 g/mol. The van der Waals surface area contributed by atoms with E-state index in [1.165, 1.54) is 11.9 Å². The predicted octanol–water partition coefficient (Wildman–Crippen LogP) is 3.08. The number of nitrogens with zero attached hydrogens (tertiary/aromatic N) is 4. The fourth-order valence-electron chi connectivity index (χ4n) is 2.48. The van der Waals surface area contributed by atoms with Crippen molar-refractivity contribution in [3.8, 4) is 5.69 Å². The van der Waals surface area contributed by atoms with Crippen LogP contribution < -0.4 is 10.6 Å². The van der Waals surface area contributed by atoms with Crippen LogP contribution in [0.4, 0.5) is 10.6 Å². The van der Waals surface area contributed by atoms with Crippen LogP contribution >= 0.6 is 0 Å². The molecule has 3 aromatic rings. The van der Waals surface area contributed by atoms with Gasteiger partial charge < -0.3 is 5.32 Å². The molecular formula is C17H20N6O. The number of hydrogen-bond donors (Lipinski definition) is 2.